The number of fused-ring (bicyclic) bond motifs is 1. The average molecular weight is 316 g/mol. The molecule has 108 valence electrons. The number of carbonyl (C=O) groups excluding carboxylic acids is 2. The predicted octanol–water partition coefficient (Wildman–Crippen LogP) is 1.94. The Labute approximate surface area is 127 Å². The Kier molecular flexibility index (Phi) is 4.86. The number of rotatable bonds is 3. The highest BCUT2D eigenvalue weighted by atomic mass is 35.5. The number of nitrogens with zero attached hydrogens (tertiary/aromatic N) is 1. The van der Waals surface area contributed by atoms with Gasteiger partial charge in [0.2, 0.25) is 5.91 Å². The second kappa shape index (κ2) is 6.43. The first-order valence-electron chi connectivity index (χ1n) is 6.24. The Morgan fingerprint density at radius 2 is 2.10 bits per heavy atom. The molecule has 0 aromatic heterocycles. The van der Waals surface area contributed by atoms with Crippen LogP contribution in [0.1, 0.15) is 17.5 Å². The zero-order valence-corrected chi connectivity index (χ0v) is 12.3. The monoisotopic (exact) mass is 315 g/mol. The number of hydrogen-bond donors (Lipinski definition) is 2. The first-order chi connectivity index (χ1) is 9.45. The molecule has 1 heterocycles. The second-order valence-corrected chi connectivity index (χ2v) is 5.56. The molecule has 1 aromatic rings. The molecule has 0 saturated heterocycles. The Hall–Kier alpha value is -1.30. The minimum absolute atomic E-state index is 0.229. The van der Waals surface area contributed by atoms with Gasteiger partial charge < -0.3 is 5.73 Å². The van der Waals surface area contributed by atoms with Crippen LogP contribution in [-0.4, -0.2) is 29.9 Å². The van der Waals surface area contributed by atoms with Gasteiger partial charge in [-0.25, -0.2) is 4.79 Å². The fourth-order valence-corrected chi connectivity index (χ4v) is 2.95. The van der Waals surface area contributed by atoms with E-state index in [0.717, 1.165) is 24.1 Å². The summed E-state index contributed by atoms with van der Waals surface area (Å²) >= 11 is 12.2. The largest absolute Gasteiger partial charge is 0.351 e. The highest BCUT2D eigenvalue weighted by Crippen LogP contribution is 2.29. The van der Waals surface area contributed by atoms with Crippen molar-refractivity contribution >= 4 is 35.1 Å². The van der Waals surface area contributed by atoms with Crippen molar-refractivity contribution in [3.05, 3.63) is 33.3 Å². The van der Waals surface area contributed by atoms with Crippen LogP contribution >= 0.6 is 23.2 Å². The molecule has 7 heteroatoms. The number of amides is 3. The van der Waals surface area contributed by atoms with Crippen LogP contribution in [0.5, 0.6) is 0 Å². The fourth-order valence-electron chi connectivity index (χ4n) is 2.32. The van der Waals surface area contributed by atoms with E-state index in [2.05, 4.69) is 10.2 Å². The third-order valence-corrected chi connectivity index (χ3v) is 3.80. The zero-order chi connectivity index (χ0) is 14.7. The first-order valence-corrected chi connectivity index (χ1v) is 6.99. The van der Waals surface area contributed by atoms with Gasteiger partial charge in [0, 0.05) is 36.1 Å². The molecule has 20 heavy (non-hydrogen) atoms. The summed E-state index contributed by atoms with van der Waals surface area (Å²) in [4.78, 5) is 24.0. The van der Waals surface area contributed by atoms with E-state index >= 15 is 0 Å². The minimum Gasteiger partial charge on any atom is -0.351 e. The van der Waals surface area contributed by atoms with E-state index in [0.29, 0.717) is 23.1 Å². The maximum atomic E-state index is 11.4. The summed E-state index contributed by atoms with van der Waals surface area (Å²) in [6.45, 7) is 2.07. The molecule has 3 amide bonds. The van der Waals surface area contributed by atoms with Gasteiger partial charge >= 0.3 is 6.03 Å². The minimum atomic E-state index is -0.822. The highest BCUT2D eigenvalue weighted by molar-refractivity contribution is 6.35. The van der Waals surface area contributed by atoms with Crippen LogP contribution in [0, 0.1) is 0 Å². The number of primary amides is 1. The molecule has 0 spiro atoms. The summed E-state index contributed by atoms with van der Waals surface area (Å²) in [5.41, 5.74) is 7.09. The van der Waals surface area contributed by atoms with Crippen molar-refractivity contribution in [1.29, 1.82) is 0 Å². The normalized spacial score (nSPS) is 14.7. The lowest BCUT2D eigenvalue weighted by Crippen LogP contribution is -2.38. The Balaban J connectivity index is 1.94. The van der Waals surface area contributed by atoms with E-state index in [4.69, 9.17) is 28.9 Å². The molecule has 1 aliphatic rings. The smallest absolute Gasteiger partial charge is 0.318 e. The van der Waals surface area contributed by atoms with Gasteiger partial charge in [-0.2, -0.15) is 0 Å². The van der Waals surface area contributed by atoms with Crippen molar-refractivity contribution in [2.75, 3.05) is 13.1 Å². The van der Waals surface area contributed by atoms with Gasteiger partial charge in [0.25, 0.3) is 0 Å². The number of urea groups is 1. The number of imide groups is 1. The number of nitrogens with two attached hydrogens (primary N) is 1. The second-order valence-electron chi connectivity index (χ2n) is 4.71. The van der Waals surface area contributed by atoms with Crippen LogP contribution in [0.2, 0.25) is 10.0 Å². The Morgan fingerprint density at radius 1 is 1.35 bits per heavy atom. The third-order valence-electron chi connectivity index (χ3n) is 3.24. The van der Waals surface area contributed by atoms with Gasteiger partial charge in [0.15, 0.2) is 0 Å². The van der Waals surface area contributed by atoms with Crippen molar-refractivity contribution in [1.82, 2.24) is 10.2 Å². The summed E-state index contributed by atoms with van der Waals surface area (Å²) in [5, 5.41) is 3.36. The van der Waals surface area contributed by atoms with E-state index < -0.39 is 6.03 Å². The van der Waals surface area contributed by atoms with Crippen LogP contribution in [-0.2, 0) is 17.8 Å². The Bertz CT molecular complexity index is 549. The van der Waals surface area contributed by atoms with E-state index in [9.17, 15) is 9.59 Å². The zero-order valence-electron chi connectivity index (χ0n) is 10.8. The molecular formula is C13H15Cl2N3O2. The molecule has 0 saturated carbocycles. The van der Waals surface area contributed by atoms with Crippen molar-refractivity contribution in [3.63, 3.8) is 0 Å². The van der Waals surface area contributed by atoms with E-state index in [1.54, 1.807) is 6.07 Å². The molecule has 1 aliphatic heterocycles. The molecule has 0 fully saturated rings. The number of hydrogen-bond acceptors (Lipinski definition) is 3. The third kappa shape index (κ3) is 3.85. The molecule has 0 aliphatic carbocycles. The topological polar surface area (TPSA) is 75.4 Å². The van der Waals surface area contributed by atoms with Gasteiger partial charge in [0.1, 0.15) is 0 Å². The molecule has 0 bridgehead atoms. The summed E-state index contributed by atoms with van der Waals surface area (Å²) in [7, 11) is 0. The van der Waals surface area contributed by atoms with Crippen LogP contribution < -0.4 is 11.1 Å². The molecule has 5 nitrogen and oxygen atoms in total. The van der Waals surface area contributed by atoms with Crippen LogP contribution in [0.3, 0.4) is 0 Å². The highest BCUT2D eigenvalue weighted by Gasteiger charge is 2.19. The summed E-state index contributed by atoms with van der Waals surface area (Å²) in [6.07, 6.45) is 1.05. The van der Waals surface area contributed by atoms with Crippen LogP contribution in [0.4, 0.5) is 4.79 Å². The number of benzene rings is 1. The van der Waals surface area contributed by atoms with Gasteiger partial charge in [0.05, 0.1) is 0 Å². The molecule has 3 N–H and O–H groups in total. The number of carbonyl (C=O) groups is 2. The molecule has 0 unspecified atom stereocenters. The van der Waals surface area contributed by atoms with Crippen molar-refractivity contribution < 1.29 is 9.59 Å². The van der Waals surface area contributed by atoms with Crippen LogP contribution in [0.15, 0.2) is 12.1 Å². The van der Waals surface area contributed by atoms with E-state index in [1.165, 1.54) is 0 Å². The Morgan fingerprint density at radius 3 is 2.80 bits per heavy atom. The van der Waals surface area contributed by atoms with Crippen molar-refractivity contribution in [3.8, 4) is 0 Å². The van der Waals surface area contributed by atoms with Gasteiger partial charge in [-0.05, 0) is 29.7 Å². The van der Waals surface area contributed by atoms with Gasteiger partial charge in [-0.15, -0.1) is 0 Å². The predicted molar refractivity (Wildman–Crippen MR) is 77.8 cm³/mol. The summed E-state index contributed by atoms with van der Waals surface area (Å²) in [6, 6.07) is 2.83. The van der Waals surface area contributed by atoms with Crippen molar-refractivity contribution in [2.24, 2.45) is 5.73 Å². The van der Waals surface area contributed by atoms with Gasteiger partial charge in [-0.3, -0.25) is 15.0 Å². The molecule has 0 radical (unpaired) electrons. The fraction of sp³-hybridized carbons (Fsp3) is 0.385. The lowest BCUT2D eigenvalue weighted by molar-refractivity contribution is -0.120. The summed E-state index contributed by atoms with van der Waals surface area (Å²) < 4.78 is 0. The molecule has 0 atom stereocenters. The standard InChI is InChI=1S/C13H15Cl2N3O2/c14-9-5-8-7-18(3-1-10(8)11(15)6-9)4-2-12(19)17-13(16)20/h5-6H,1-4,7H2,(H3,16,17,19,20). The maximum absolute atomic E-state index is 11.4. The number of halogens is 2. The molecule has 1 aromatic carbocycles. The number of nitrogens with one attached hydrogen (secondary N) is 1. The molecule has 2 rings (SSSR count). The van der Waals surface area contributed by atoms with E-state index in [1.807, 2.05) is 6.07 Å². The lowest BCUT2D eigenvalue weighted by atomic mass is 9.99. The maximum Gasteiger partial charge on any atom is 0.318 e. The summed E-state index contributed by atoms with van der Waals surface area (Å²) in [5.74, 6) is -0.368. The van der Waals surface area contributed by atoms with Gasteiger partial charge in [-0.1, -0.05) is 23.2 Å². The van der Waals surface area contributed by atoms with Crippen molar-refractivity contribution in [2.45, 2.75) is 19.4 Å². The molecular weight excluding hydrogens is 301 g/mol. The SMILES string of the molecule is NC(=O)NC(=O)CCN1CCc2c(Cl)cc(Cl)cc2C1. The van der Waals surface area contributed by atoms with E-state index in [-0.39, 0.29) is 12.3 Å². The average Bonchev–Trinajstić information content (AvgIpc) is 2.34. The quantitative estimate of drug-likeness (QED) is 0.895. The lowest BCUT2D eigenvalue weighted by Gasteiger charge is -2.29. The first kappa shape index (κ1) is 15.1. The van der Waals surface area contributed by atoms with Crippen LogP contribution in [0.25, 0.3) is 0 Å².